The Morgan fingerprint density at radius 1 is 1.35 bits per heavy atom. The molecule has 1 heterocycles. The van der Waals surface area contributed by atoms with Gasteiger partial charge in [0.05, 0.1) is 6.54 Å². The van der Waals surface area contributed by atoms with Gasteiger partial charge in [0.15, 0.2) is 0 Å². The first-order valence-electron chi connectivity index (χ1n) is 7.41. The van der Waals surface area contributed by atoms with Crippen LogP contribution in [0.25, 0.3) is 10.9 Å². The number of nitrogens with one attached hydrogen (secondary N) is 2. The van der Waals surface area contributed by atoms with Gasteiger partial charge in [0, 0.05) is 16.6 Å². The number of aromatic nitrogens is 1. The Hall–Kier alpha value is -1.77. The Bertz CT molecular complexity index is 665. The van der Waals surface area contributed by atoms with Crippen molar-refractivity contribution in [2.45, 2.75) is 46.6 Å². The topological polar surface area (TPSA) is 44.9 Å². The molecular weight excluding hydrogens is 248 g/mol. The summed E-state index contributed by atoms with van der Waals surface area (Å²) < 4.78 is 0. The van der Waals surface area contributed by atoms with Crippen LogP contribution in [0, 0.1) is 12.3 Å². The van der Waals surface area contributed by atoms with Crippen molar-refractivity contribution < 1.29 is 4.79 Å². The van der Waals surface area contributed by atoms with Crippen molar-refractivity contribution in [2.75, 3.05) is 0 Å². The maximum Gasteiger partial charge on any atom is 0.226 e. The van der Waals surface area contributed by atoms with Crippen LogP contribution in [0.5, 0.6) is 0 Å². The number of carbonyl (C=O) groups excluding carboxylic acids is 1. The van der Waals surface area contributed by atoms with Gasteiger partial charge in [-0.25, -0.2) is 0 Å². The molecule has 0 saturated heterocycles. The van der Waals surface area contributed by atoms with E-state index in [2.05, 4.69) is 42.3 Å². The largest absolute Gasteiger partial charge is 0.357 e. The van der Waals surface area contributed by atoms with Gasteiger partial charge in [-0.05, 0) is 60.9 Å². The molecule has 0 atom stereocenters. The molecule has 0 spiro atoms. The summed E-state index contributed by atoms with van der Waals surface area (Å²) in [7, 11) is 0. The molecule has 1 aromatic carbocycles. The molecule has 2 aromatic rings. The van der Waals surface area contributed by atoms with Gasteiger partial charge in [-0.15, -0.1) is 0 Å². The van der Waals surface area contributed by atoms with Crippen LogP contribution in [0.3, 0.4) is 0 Å². The lowest BCUT2D eigenvalue weighted by Crippen LogP contribution is -2.29. The van der Waals surface area contributed by atoms with Crippen LogP contribution >= 0.6 is 0 Å². The van der Waals surface area contributed by atoms with Crippen molar-refractivity contribution in [1.29, 1.82) is 0 Å². The Morgan fingerprint density at radius 3 is 2.75 bits per heavy atom. The predicted molar refractivity (Wildman–Crippen MR) is 81.6 cm³/mol. The summed E-state index contributed by atoms with van der Waals surface area (Å²) in [6.45, 7) is 6.95. The third kappa shape index (κ3) is 2.33. The molecule has 1 aliphatic rings. The lowest BCUT2D eigenvalue weighted by molar-refractivity contribution is -0.125. The highest BCUT2D eigenvalue weighted by atomic mass is 16.2. The van der Waals surface area contributed by atoms with Crippen molar-refractivity contribution in [3.05, 3.63) is 35.0 Å². The van der Waals surface area contributed by atoms with Gasteiger partial charge in [-0.3, -0.25) is 4.79 Å². The number of amides is 1. The molecule has 1 amide bonds. The number of benzene rings is 1. The average molecular weight is 270 g/mol. The zero-order chi connectivity index (χ0) is 14.3. The van der Waals surface area contributed by atoms with Crippen LogP contribution in [0.1, 0.15) is 43.5 Å². The van der Waals surface area contributed by atoms with Crippen molar-refractivity contribution in [1.82, 2.24) is 10.3 Å². The second-order valence-corrected chi connectivity index (χ2v) is 6.26. The number of aromatic amines is 1. The first-order chi connectivity index (χ1) is 9.51. The van der Waals surface area contributed by atoms with E-state index in [0.717, 1.165) is 30.5 Å². The number of hydrogen-bond acceptors (Lipinski definition) is 1. The SMILES string of the molecule is CCc1cc2[nH]c(CNC(=O)C3(C)CC3)cc2cc1C. The normalized spacial score (nSPS) is 16.4. The molecule has 1 saturated carbocycles. The first-order valence-corrected chi connectivity index (χ1v) is 7.41. The summed E-state index contributed by atoms with van der Waals surface area (Å²) in [5.74, 6) is 0.182. The van der Waals surface area contributed by atoms with E-state index >= 15 is 0 Å². The van der Waals surface area contributed by atoms with Crippen LogP contribution in [0.2, 0.25) is 0 Å². The molecule has 1 fully saturated rings. The van der Waals surface area contributed by atoms with Gasteiger partial charge in [-0.1, -0.05) is 13.8 Å². The van der Waals surface area contributed by atoms with E-state index in [0.29, 0.717) is 6.54 Å². The molecule has 106 valence electrons. The fourth-order valence-corrected chi connectivity index (χ4v) is 2.68. The summed E-state index contributed by atoms with van der Waals surface area (Å²) >= 11 is 0. The zero-order valence-electron chi connectivity index (χ0n) is 12.5. The van der Waals surface area contributed by atoms with E-state index in [1.165, 1.54) is 16.5 Å². The number of H-pyrrole nitrogens is 1. The molecule has 0 unspecified atom stereocenters. The van der Waals surface area contributed by atoms with Crippen LogP contribution in [0.15, 0.2) is 18.2 Å². The van der Waals surface area contributed by atoms with Crippen LogP contribution in [-0.4, -0.2) is 10.9 Å². The molecule has 0 radical (unpaired) electrons. The third-order valence-corrected chi connectivity index (χ3v) is 4.50. The first kappa shape index (κ1) is 13.2. The number of aryl methyl sites for hydroxylation is 2. The number of hydrogen-bond donors (Lipinski definition) is 2. The highest BCUT2D eigenvalue weighted by molar-refractivity contribution is 5.85. The lowest BCUT2D eigenvalue weighted by Gasteiger charge is -2.08. The van der Waals surface area contributed by atoms with Crippen molar-refractivity contribution in [3.8, 4) is 0 Å². The molecule has 1 aliphatic carbocycles. The van der Waals surface area contributed by atoms with Crippen LogP contribution in [0.4, 0.5) is 0 Å². The minimum absolute atomic E-state index is 0.0992. The molecule has 20 heavy (non-hydrogen) atoms. The third-order valence-electron chi connectivity index (χ3n) is 4.50. The fourth-order valence-electron chi connectivity index (χ4n) is 2.68. The van der Waals surface area contributed by atoms with E-state index in [-0.39, 0.29) is 11.3 Å². The molecular formula is C17H22N2O. The molecule has 3 heteroatoms. The van der Waals surface area contributed by atoms with Gasteiger partial charge in [0.1, 0.15) is 0 Å². The smallest absolute Gasteiger partial charge is 0.226 e. The summed E-state index contributed by atoms with van der Waals surface area (Å²) in [6, 6.07) is 6.58. The average Bonchev–Trinajstić information content (AvgIpc) is 3.05. The van der Waals surface area contributed by atoms with E-state index < -0.39 is 0 Å². The lowest BCUT2D eigenvalue weighted by atomic mass is 10.0. The predicted octanol–water partition coefficient (Wildman–Crippen LogP) is 3.46. The summed E-state index contributed by atoms with van der Waals surface area (Å²) in [4.78, 5) is 15.4. The Balaban J connectivity index is 1.77. The van der Waals surface area contributed by atoms with Gasteiger partial charge < -0.3 is 10.3 Å². The van der Waals surface area contributed by atoms with Crippen molar-refractivity contribution in [3.63, 3.8) is 0 Å². The maximum atomic E-state index is 11.9. The quantitative estimate of drug-likeness (QED) is 0.878. The maximum absolute atomic E-state index is 11.9. The summed E-state index contributed by atoms with van der Waals surface area (Å²) in [6.07, 6.45) is 3.08. The number of carbonyl (C=O) groups is 1. The molecule has 3 rings (SSSR count). The highest BCUT2D eigenvalue weighted by Gasteiger charge is 2.44. The summed E-state index contributed by atoms with van der Waals surface area (Å²) in [5.41, 5.74) is 4.85. The molecule has 3 nitrogen and oxygen atoms in total. The minimum Gasteiger partial charge on any atom is -0.357 e. The molecule has 2 N–H and O–H groups in total. The highest BCUT2D eigenvalue weighted by Crippen LogP contribution is 2.45. The van der Waals surface area contributed by atoms with Gasteiger partial charge >= 0.3 is 0 Å². The monoisotopic (exact) mass is 270 g/mol. The Kier molecular flexibility index (Phi) is 3.08. The van der Waals surface area contributed by atoms with Crippen LogP contribution < -0.4 is 5.32 Å². The second kappa shape index (κ2) is 4.65. The van der Waals surface area contributed by atoms with Gasteiger partial charge in [0.2, 0.25) is 5.91 Å². The molecule has 0 aliphatic heterocycles. The van der Waals surface area contributed by atoms with Crippen molar-refractivity contribution >= 4 is 16.8 Å². The molecule has 1 aromatic heterocycles. The van der Waals surface area contributed by atoms with Crippen LogP contribution in [-0.2, 0) is 17.8 Å². The number of rotatable bonds is 4. The van der Waals surface area contributed by atoms with E-state index in [1.807, 2.05) is 6.92 Å². The van der Waals surface area contributed by atoms with Gasteiger partial charge in [-0.2, -0.15) is 0 Å². The van der Waals surface area contributed by atoms with E-state index in [4.69, 9.17) is 0 Å². The Labute approximate surface area is 119 Å². The standard InChI is InChI=1S/C17H22N2O/c1-4-12-9-15-13(7-11(12)2)8-14(19-15)10-18-16(20)17(3)5-6-17/h7-9,19H,4-6,10H2,1-3H3,(H,18,20). The van der Waals surface area contributed by atoms with Gasteiger partial charge in [0.25, 0.3) is 0 Å². The summed E-state index contributed by atoms with van der Waals surface area (Å²) in [5, 5.41) is 4.26. The number of fused-ring (bicyclic) bond motifs is 1. The zero-order valence-corrected chi connectivity index (χ0v) is 12.5. The minimum atomic E-state index is -0.0992. The van der Waals surface area contributed by atoms with Crippen molar-refractivity contribution in [2.24, 2.45) is 5.41 Å². The van der Waals surface area contributed by atoms with E-state index in [9.17, 15) is 4.79 Å². The second-order valence-electron chi connectivity index (χ2n) is 6.26. The van der Waals surface area contributed by atoms with E-state index in [1.54, 1.807) is 0 Å². The Morgan fingerprint density at radius 2 is 2.10 bits per heavy atom. The fraction of sp³-hybridized carbons (Fsp3) is 0.471. The molecule has 0 bridgehead atoms.